The van der Waals surface area contributed by atoms with Gasteiger partial charge in [-0.25, -0.2) is 8.42 Å². The Labute approximate surface area is 199 Å². The Bertz CT molecular complexity index is 1190. The summed E-state index contributed by atoms with van der Waals surface area (Å²) in [4.78, 5) is 18.0. The van der Waals surface area contributed by atoms with E-state index in [1.54, 1.807) is 6.07 Å². The van der Waals surface area contributed by atoms with Gasteiger partial charge in [-0.15, -0.1) is 4.40 Å². The largest absolute Gasteiger partial charge is 0.348 e. The minimum Gasteiger partial charge on any atom is -0.348 e. The predicted octanol–water partition coefficient (Wildman–Crippen LogP) is 3.46. The fourth-order valence-corrected chi connectivity index (χ4v) is 6.69. The summed E-state index contributed by atoms with van der Waals surface area (Å²) in [7, 11) is -3.39. The van der Waals surface area contributed by atoms with Crippen LogP contribution in [0.25, 0.3) is 0 Å². The lowest BCUT2D eigenvalue weighted by Gasteiger charge is -2.30. The Balaban J connectivity index is 1.18. The second-order valence-corrected chi connectivity index (χ2v) is 11.8. The number of hydrogen-bond acceptors (Lipinski definition) is 6. The first kappa shape index (κ1) is 22.4. The Morgan fingerprint density at radius 3 is 2.58 bits per heavy atom. The first-order chi connectivity index (χ1) is 15.9. The smallest absolute Gasteiger partial charge is 0.257 e. The molecule has 0 saturated carbocycles. The number of rotatable bonds is 5. The molecule has 9 heteroatoms. The van der Waals surface area contributed by atoms with E-state index in [1.807, 2.05) is 17.0 Å². The van der Waals surface area contributed by atoms with Crippen LogP contribution >= 0.6 is 11.8 Å². The van der Waals surface area contributed by atoms with Gasteiger partial charge in [-0.1, -0.05) is 31.2 Å². The van der Waals surface area contributed by atoms with E-state index in [0.29, 0.717) is 23.8 Å². The second kappa shape index (κ2) is 9.12. The summed E-state index contributed by atoms with van der Waals surface area (Å²) in [6.07, 6.45) is 2.55. The topological polar surface area (TPSA) is 82.1 Å². The van der Waals surface area contributed by atoms with Gasteiger partial charge in [0, 0.05) is 30.1 Å². The van der Waals surface area contributed by atoms with Gasteiger partial charge in [-0.3, -0.25) is 9.69 Å². The van der Waals surface area contributed by atoms with Gasteiger partial charge in [-0.2, -0.15) is 0 Å². The van der Waals surface area contributed by atoms with E-state index in [4.69, 9.17) is 0 Å². The van der Waals surface area contributed by atoms with Crippen molar-refractivity contribution in [3.63, 3.8) is 0 Å². The summed E-state index contributed by atoms with van der Waals surface area (Å²) in [5.41, 5.74) is 3.83. The van der Waals surface area contributed by atoms with Crippen molar-refractivity contribution < 1.29 is 13.2 Å². The first-order valence-electron chi connectivity index (χ1n) is 11.4. The molecule has 1 N–H and O–H groups in total. The second-order valence-electron chi connectivity index (χ2n) is 9.05. The van der Waals surface area contributed by atoms with E-state index in [1.165, 1.54) is 43.3 Å². The van der Waals surface area contributed by atoms with Crippen molar-refractivity contribution >= 4 is 38.5 Å². The Kier molecular flexibility index (Phi) is 6.20. The third-order valence-corrected chi connectivity index (χ3v) is 8.80. The summed E-state index contributed by atoms with van der Waals surface area (Å²) in [6, 6.07) is 13.9. The molecule has 3 heterocycles. The summed E-state index contributed by atoms with van der Waals surface area (Å²) >= 11 is 1.30. The maximum atomic E-state index is 12.7. The van der Waals surface area contributed by atoms with Crippen LogP contribution in [0.3, 0.4) is 0 Å². The van der Waals surface area contributed by atoms with Crippen LogP contribution < -0.4 is 10.2 Å². The molecule has 33 heavy (non-hydrogen) atoms. The summed E-state index contributed by atoms with van der Waals surface area (Å²) in [5, 5.41) is 3.46. The molecule has 1 amide bonds. The van der Waals surface area contributed by atoms with Crippen molar-refractivity contribution in [3.05, 3.63) is 59.2 Å². The SMILES string of the molecule is CC1CCN(Cc2ccc(CNC(=O)c3ccc4c(c3)SC3=NS(=O)(=O)CCN34)cc2)CC1. The van der Waals surface area contributed by atoms with Crippen molar-refractivity contribution in [1.29, 1.82) is 0 Å². The van der Waals surface area contributed by atoms with E-state index in [9.17, 15) is 13.2 Å². The van der Waals surface area contributed by atoms with Crippen LogP contribution in [-0.2, 0) is 23.1 Å². The number of likely N-dealkylation sites (tertiary alicyclic amines) is 1. The number of nitrogens with one attached hydrogen (secondary N) is 1. The van der Waals surface area contributed by atoms with Gasteiger partial charge >= 0.3 is 0 Å². The van der Waals surface area contributed by atoms with Gasteiger partial charge in [0.25, 0.3) is 15.9 Å². The minimum atomic E-state index is -3.39. The highest BCUT2D eigenvalue weighted by Crippen LogP contribution is 2.42. The standard InChI is InChI=1S/C24H28N4O3S2/c1-17-8-10-27(11-9-17)16-19-4-2-18(3-5-19)15-25-23(29)20-6-7-21-22(14-20)32-24-26-33(30,31)13-12-28(21)24/h2-7,14,17H,8-13,15-16H2,1H3,(H,25,29). The summed E-state index contributed by atoms with van der Waals surface area (Å²) < 4.78 is 27.4. The lowest BCUT2D eigenvalue weighted by Crippen LogP contribution is -2.35. The zero-order valence-corrected chi connectivity index (χ0v) is 20.3. The van der Waals surface area contributed by atoms with Gasteiger partial charge in [0.05, 0.1) is 11.4 Å². The van der Waals surface area contributed by atoms with Gasteiger partial charge in [0.1, 0.15) is 0 Å². The maximum absolute atomic E-state index is 12.7. The number of amides is 1. The highest BCUT2D eigenvalue weighted by Gasteiger charge is 2.33. The Morgan fingerprint density at radius 2 is 1.82 bits per heavy atom. The van der Waals surface area contributed by atoms with Crippen LogP contribution in [0, 0.1) is 5.92 Å². The van der Waals surface area contributed by atoms with Crippen molar-refractivity contribution in [1.82, 2.24) is 10.2 Å². The molecule has 0 radical (unpaired) electrons. The zero-order chi connectivity index (χ0) is 23.0. The predicted molar refractivity (Wildman–Crippen MR) is 132 cm³/mol. The molecule has 0 bridgehead atoms. The van der Waals surface area contributed by atoms with Gasteiger partial charge in [-0.05, 0) is 72.9 Å². The number of hydrogen-bond donors (Lipinski definition) is 1. The summed E-state index contributed by atoms with van der Waals surface area (Å²) in [5.74, 6) is 0.696. The molecule has 2 aromatic carbocycles. The fraction of sp³-hybridized carbons (Fsp3) is 0.417. The third kappa shape index (κ3) is 5.10. The van der Waals surface area contributed by atoms with Crippen LogP contribution in [0.1, 0.15) is 41.3 Å². The summed E-state index contributed by atoms with van der Waals surface area (Å²) in [6.45, 7) is 6.49. The van der Waals surface area contributed by atoms with Gasteiger partial charge < -0.3 is 10.2 Å². The molecule has 0 atom stereocenters. The Morgan fingerprint density at radius 1 is 1.09 bits per heavy atom. The lowest BCUT2D eigenvalue weighted by molar-refractivity contribution is 0.0950. The minimum absolute atomic E-state index is 0.00869. The quantitative estimate of drug-likeness (QED) is 0.700. The zero-order valence-electron chi connectivity index (χ0n) is 18.7. The average molecular weight is 485 g/mol. The van der Waals surface area contributed by atoms with Crippen LogP contribution in [0.5, 0.6) is 0 Å². The van der Waals surface area contributed by atoms with E-state index >= 15 is 0 Å². The van der Waals surface area contributed by atoms with Crippen molar-refractivity contribution in [2.45, 2.75) is 37.8 Å². The molecule has 0 aliphatic carbocycles. The lowest BCUT2D eigenvalue weighted by atomic mass is 9.99. The Hall–Kier alpha value is -2.36. The van der Waals surface area contributed by atoms with Crippen LogP contribution in [0.4, 0.5) is 5.69 Å². The van der Waals surface area contributed by atoms with Crippen LogP contribution in [0.15, 0.2) is 51.8 Å². The molecule has 3 aliphatic rings. The molecule has 0 spiro atoms. The number of sulfonamides is 1. The van der Waals surface area contributed by atoms with E-state index in [0.717, 1.165) is 28.6 Å². The molecule has 1 saturated heterocycles. The fourth-order valence-electron chi connectivity index (χ4n) is 4.40. The number of anilines is 1. The van der Waals surface area contributed by atoms with Crippen LogP contribution in [0.2, 0.25) is 0 Å². The molecule has 0 unspecified atom stereocenters. The average Bonchev–Trinajstić information content (AvgIpc) is 3.15. The highest BCUT2D eigenvalue weighted by molar-refractivity contribution is 8.15. The number of nitrogens with zero attached hydrogens (tertiary/aromatic N) is 3. The maximum Gasteiger partial charge on any atom is 0.257 e. The normalized spacial score (nSPS) is 20.2. The highest BCUT2D eigenvalue weighted by atomic mass is 32.2. The monoisotopic (exact) mass is 484 g/mol. The van der Waals surface area contributed by atoms with E-state index in [-0.39, 0.29) is 11.7 Å². The molecule has 0 aromatic heterocycles. The molecule has 3 aliphatic heterocycles. The number of piperidine rings is 1. The number of benzene rings is 2. The molecule has 174 valence electrons. The van der Waals surface area contributed by atoms with E-state index < -0.39 is 10.0 Å². The molecular weight excluding hydrogens is 456 g/mol. The van der Waals surface area contributed by atoms with Crippen molar-refractivity contribution in [2.75, 3.05) is 30.3 Å². The number of carbonyl (C=O) groups is 1. The van der Waals surface area contributed by atoms with Gasteiger partial charge in [0.2, 0.25) is 0 Å². The molecule has 5 rings (SSSR count). The molecule has 1 fully saturated rings. The number of carbonyl (C=O) groups excluding carboxylic acids is 1. The number of fused-ring (bicyclic) bond motifs is 3. The van der Waals surface area contributed by atoms with E-state index in [2.05, 4.69) is 45.8 Å². The van der Waals surface area contributed by atoms with Crippen molar-refractivity contribution in [2.24, 2.45) is 10.3 Å². The van der Waals surface area contributed by atoms with Crippen LogP contribution in [-0.4, -0.2) is 49.8 Å². The number of amidine groups is 1. The molecule has 2 aromatic rings. The number of thioether (sulfide) groups is 1. The molecule has 7 nitrogen and oxygen atoms in total. The third-order valence-electron chi connectivity index (χ3n) is 6.49. The van der Waals surface area contributed by atoms with Crippen molar-refractivity contribution in [3.8, 4) is 0 Å². The van der Waals surface area contributed by atoms with Gasteiger partial charge in [0.15, 0.2) is 5.17 Å². The first-order valence-corrected chi connectivity index (χ1v) is 13.8. The molecular formula is C24H28N4O3S2.